The van der Waals surface area contributed by atoms with Gasteiger partial charge < -0.3 is 5.32 Å². The molecule has 3 rings (SSSR count). The van der Waals surface area contributed by atoms with Gasteiger partial charge in [-0.2, -0.15) is 0 Å². The van der Waals surface area contributed by atoms with Crippen molar-refractivity contribution in [2.24, 2.45) is 0 Å². The molecule has 0 aliphatic carbocycles. The highest BCUT2D eigenvalue weighted by Gasteiger charge is 2.15. The average molecular weight is 384 g/mol. The molecule has 27 heavy (non-hydrogen) atoms. The number of carbonyl (C=O) groups is 1. The number of carbonyl (C=O) groups excluding carboxylic acids is 1. The van der Waals surface area contributed by atoms with Crippen LogP contribution in [0.1, 0.15) is 15.9 Å². The molecule has 7 heteroatoms. The van der Waals surface area contributed by atoms with Gasteiger partial charge in [-0.3, -0.25) is 9.52 Å². The van der Waals surface area contributed by atoms with Crippen LogP contribution in [-0.4, -0.2) is 14.3 Å². The van der Waals surface area contributed by atoms with Gasteiger partial charge >= 0.3 is 0 Å². The Bertz CT molecular complexity index is 1060. The van der Waals surface area contributed by atoms with Gasteiger partial charge in [0, 0.05) is 16.9 Å². The molecule has 0 atom stereocenters. The first-order chi connectivity index (χ1) is 12.8. The fourth-order valence-electron chi connectivity index (χ4n) is 2.48. The summed E-state index contributed by atoms with van der Waals surface area (Å²) >= 11 is 0. The molecule has 0 saturated heterocycles. The minimum Gasteiger partial charge on any atom is -0.322 e. The van der Waals surface area contributed by atoms with Crippen molar-refractivity contribution in [2.45, 2.75) is 11.8 Å². The number of nitrogens with one attached hydrogen (secondary N) is 2. The van der Waals surface area contributed by atoms with E-state index in [2.05, 4.69) is 10.0 Å². The predicted octanol–water partition coefficient (Wildman–Crippen LogP) is 4.19. The zero-order valence-electron chi connectivity index (χ0n) is 14.4. The molecule has 0 aliphatic heterocycles. The number of benzene rings is 3. The van der Waals surface area contributed by atoms with Crippen molar-refractivity contribution in [1.82, 2.24) is 0 Å². The Morgan fingerprint density at radius 1 is 0.852 bits per heavy atom. The van der Waals surface area contributed by atoms with E-state index < -0.39 is 15.8 Å². The first-order valence-electron chi connectivity index (χ1n) is 8.10. The van der Waals surface area contributed by atoms with Gasteiger partial charge in [-0.25, -0.2) is 12.8 Å². The summed E-state index contributed by atoms with van der Waals surface area (Å²) in [7, 11) is -3.82. The normalized spacial score (nSPS) is 11.0. The summed E-state index contributed by atoms with van der Waals surface area (Å²) in [6.45, 7) is 1.84. The summed E-state index contributed by atoms with van der Waals surface area (Å²) < 4.78 is 40.1. The molecule has 0 unspecified atom stereocenters. The van der Waals surface area contributed by atoms with E-state index in [9.17, 15) is 17.6 Å². The molecule has 138 valence electrons. The summed E-state index contributed by atoms with van der Waals surface area (Å²) in [5, 5.41) is 2.74. The third-order valence-electron chi connectivity index (χ3n) is 3.91. The lowest BCUT2D eigenvalue weighted by molar-refractivity contribution is 0.102. The minimum absolute atomic E-state index is 0.0284. The largest absolute Gasteiger partial charge is 0.322 e. The van der Waals surface area contributed by atoms with Crippen LogP contribution in [0.15, 0.2) is 77.7 Å². The maximum absolute atomic E-state index is 12.9. The van der Waals surface area contributed by atoms with Gasteiger partial charge in [-0.1, -0.05) is 18.2 Å². The minimum atomic E-state index is -3.82. The van der Waals surface area contributed by atoms with E-state index in [0.29, 0.717) is 11.3 Å². The zero-order chi connectivity index (χ0) is 19.4. The molecular formula is C20H17FN2O3S. The number of sulfonamides is 1. The number of amides is 1. The van der Waals surface area contributed by atoms with Crippen LogP contribution in [0.4, 0.5) is 15.8 Å². The second-order valence-corrected chi connectivity index (χ2v) is 7.59. The van der Waals surface area contributed by atoms with Crippen LogP contribution in [0.3, 0.4) is 0 Å². The fraction of sp³-hybridized carbons (Fsp3) is 0.0500. The number of hydrogen-bond donors (Lipinski definition) is 2. The Hall–Kier alpha value is -3.19. The van der Waals surface area contributed by atoms with Crippen molar-refractivity contribution in [3.05, 3.63) is 89.7 Å². The average Bonchev–Trinajstić information content (AvgIpc) is 2.64. The Labute approximate surface area is 156 Å². The van der Waals surface area contributed by atoms with Gasteiger partial charge in [-0.15, -0.1) is 0 Å². The summed E-state index contributed by atoms with van der Waals surface area (Å²) in [6, 6.07) is 18.0. The molecule has 2 N–H and O–H groups in total. The van der Waals surface area contributed by atoms with E-state index in [-0.39, 0.29) is 16.5 Å². The summed E-state index contributed by atoms with van der Waals surface area (Å²) in [5.74, 6) is -0.722. The van der Waals surface area contributed by atoms with E-state index in [4.69, 9.17) is 0 Å². The van der Waals surface area contributed by atoms with E-state index in [0.717, 1.165) is 5.56 Å². The first-order valence-corrected chi connectivity index (χ1v) is 9.59. The van der Waals surface area contributed by atoms with Crippen LogP contribution in [0, 0.1) is 12.7 Å². The quantitative estimate of drug-likeness (QED) is 0.693. The van der Waals surface area contributed by atoms with Gasteiger partial charge in [0.2, 0.25) is 0 Å². The van der Waals surface area contributed by atoms with Gasteiger partial charge in [0.15, 0.2) is 0 Å². The predicted molar refractivity (Wildman–Crippen MR) is 103 cm³/mol. The van der Waals surface area contributed by atoms with Crippen molar-refractivity contribution in [2.75, 3.05) is 10.0 Å². The molecule has 0 radical (unpaired) electrons. The number of anilines is 2. The monoisotopic (exact) mass is 384 g/mol. The Morgan fingerprint density at radius 2 is 1.44 bits per heavy atom. The third-order valence-corrected chi connectivity index (χ3v) is 5.31. The highest BCUT2D eigenvalue weighted by molar-refractivity contribution is 7.92. The van der Waals surface area contributed by atoms with E-state index >= 15 is 0 Å². The zero-order valence-corrected chi connectivity index (χ0v) is 15.3. The van der Waals surface area contributed by atoms with Gasteiger partial charge in [0.25, 0.3) is 15.9 Å². The topological polar surface area (TPSA) is 75.3 Å². The number of halogens is 1. The van der Waals surface area contributed by atoms with Crippen molar-refractivity contribution in [3.63, 3.8) is 0 Å². The fourth-order valence-corrected chi connectivity index (χ4v) is 3.53. The summed E-state index contributed by atoms with van der Waals surface area (Å²) in [4.78, 5) is 12.3. The number of aryl methyl sites for hydroxylation is 1. The smallest absolute Gasteiger partial charge is 0.261 e. The van der Waals surface area contributed by atoms with E-state index in [1.807, 2.05) is 19.1 Å². The Kier molecular flexibility index (Phi) is 5.23. The lowest BCUT2D eigenvalue weighted by atomic mass is 10.1. The molecule has 1 amide bonds. The third kappa shape index (κ3) is 4.51. The maximum Gasteiger partial charge on any atom is 0.261 e. The molecule has 0 aliphatic rings. The van der Waals surface area contributed by atoms with Crippen molar-refractivity contribution >= 4 is 27.3 Å². The van der Waals surface area contributed by atoms with Crippen LogP contribution >= 0.6 is 0 Å². The molecular weight excluding hydrogens is 367 g/mol. The Morgan fingerprint density at radius 3 is 2.07 bits per heavy atom. The molecule has 5 nitrogen and oxygen atoms in total. The summed E-state index contributed by atoms with van der Waals surface area (Å²) in [5.41, 5.74) is 2.13. The van der Waals surface area contributed by atoms with Crippen molar-refractivity contribution in [1.29, 1.82) is 0 Å². The molecule has 0 spiro atoms. The maximum atomic E-state index is 12.9. The van der Waals surface area contributed by atoms with Crippen LogP contribution in [0.5, 0.6) is 0 Å². The second-order valence-electron chi connectivity index (χ2n) is 5.91. The summed E-state index contributed by atoms with van der Waals surface area (Å²) in [6.07, 6.45) is 0. The van der Waals surface area contributed by atoms with Gasteiger partial charge in [0.1, 0.15) is 5.82 Å². The standard InChI is InChI=1S/C20H17FN2O3S/c1-14-4-2-3-5-19(14)20(24)22-16-10-12-18(13-11-16)27(25,26)23-17-8-6-15(21)7-9-17/h2-13,23H,1H3,(H,22,24). The molecule has 3 aromatic carbocycles. The van der Waals surface area contributed by atoms with Crippen LogP contribution in [0.2, 0.25) is 0 Å². The second kappa shape index (κ2) is 7.59. The van der Waals surface area contributed by atoms with Crippen molar-refractivity contribution in [3.8, 4) is 0 Å². The molecule has 0 heterocycles. The highest BCUT2D eigenvalue weighted by Crippen LogP contribution is 2.19. The molecule has 3 aromatic rings. The van der Waals surface area contributed by atoms with E-state index in [1.165, 1.54) is 48.5 Å². The molecule has 0 fully saturated rings. The Balaban J connectivity index is 1.73. The van der Waals surface area contributed by atoms with Crippen LogP contribution in [-0.2, 0) is 10.0 Å². The van der Waals surface area contributed by atoms with Gasteiger partial charge in [0.05, 0.1) is 4.90 Å². The SMILES string of the molecule is Cc1ccccc1C(=O)Nc1ccc(S(=O)(=O)Nc2ccc(F)cc2)cc1. The highest BCUT2D eigenvalue weighted by atomic mass is 32.2. The first kappa shape index (κ1) is 18.6. The molecule has 0 saturated carbocycles. The van der Waals surface area contributed by atoms with E-state index in [1.54, 1.807) is 12.1 Å². The lowest BCUT2D eigenvalue weighted by Crippen LogP contribution is -2.14. The molecule has 0 aromatic heterocycles. The number of hydrogen-bond acceptors (Lipinski definition) is 3. The van der Waals surface area contributed by atoms with Crippen LogP contribution < -0.4 is 10.0 Å². The number of rotatable bonds is 5. The van der Waals surface area contributed by atoms with Gasteiger partial charge in [-0.05, 0) is 67.1 Å². The van der Waals surface area contributed by atoms with Crippen molar-refractivity contribution < 1.29 is 17.6 Å². The lowest BCUT2D eigenvalue weighted by Gasteiger charge is -2.10. The molecule has 0 bridgehead atoms. The van der Waals surface area contributed by atoms with Crippen LogP contribution in [0.25, 0.3) is 0 Å².